The third-order valence-electron chi connectivity index (χ3n) is 2.72. The summed E-state index contributed by atoms with van der Waals surface area (Å²) >= 11 is 3.19. The summed E-state index contributed by atoms with van der Waals surface area (Å²) in [6, 6.07) is 4.59. The van der Waals surface area contributed by atoms with E-state index in [4.69, 9.17) is 4.74 Å². The molecule has 1 aromatic carbocycles. The fourth-order valence-corrected chi connectivity index (χ4v) is 2.69. The third-order valence-corrected chi connectivity index (χ3v) is 4.41. The largest absolute Gasteiger partial charge is 0.418 e. The van der Waals surface area contributed by atoms with E-state index in [1.807, 2.05) is 0 Å². The molecule has 0 aliphatic rings. The normalized spacial score (nSPS) is 14.1. The molecule has 0 spiro atoms. The lowest BCUT2D eigenvalue weighted by atomic mass is 10.1. The minimum atomic E-state index is -4.54. The Morgan fingerprint density at radius 2 is 1.76 bits per heavy atom. The summed E-state index contributed by atoms with van der Waals surface area (Å²) in [6.45, 7) is -0.0103. The molecule has 0 aromatic heterocycles. The summed E-state index contributed by atoms with van der Waals surface area (Å²) in [5.74, 6) is 0. The van der Waals surface area contributed by atoms with E-state index in [1.54, 1.807) is 0 Å². The number of ether oxygens (including phenoxy) is 1. The Morgan fingerprint density at radius 1 is 1.19 bits per heavy atom. The van der Waals surface area contributed by atoms with E-state index >= 15 is 0 Å². The minimum Gasteiger partial charge on any atom is -0.364 e. The van der Waals surface area contributed by atoms with Crippen LogP contribution >= 0.6 is 15.9 Å². The zero-order valence-corrected chi connectivity index (χ0v) is 13.8. The molecule has 0 amide bonds. The number of sulfone groups is 1. The van der Waals surface area contributed by atoms with Crippen molar-refractivity contribution < 1.29 is 26.3 Å². The third kappa shape index (κ3) is 5.96. The molecular formula is C13H16BrF3O3S. The van der Waals surface area contributed by atoms with Gasteiger partial charge in [-0.05, 0) is 30.5 Å². The van der Waals surface area contributed by atoms with Crippen LogP contribution in [0.2, 0.25) is 0 Å². The fourth-order valence-electron chi connectivity index (χ4n) is 1.67. The maximum absolute atomic E-state index is 13.0. The van der Waals surface area contributed by atoms with Gasteiger partial charge in [0.05, 0.1) is 4.90 Å². The maximum atomic E-state index is 13.0. The first kappa shape index (κ1) is 18.4. The van der Waals surface area contributed by atoms with Crippen LogP contribution in [0.3, 0.4) is 0 Å². The number of alkyl halides is 4. The van der Waals surface area contributed by atoms with Gasteiger partial charge in [0.1, 0.15) is 0 Å². The van der Waals surface area contributed by atoms with E-state index in [0.717, 1.165) is 36.9 Å². The predicted molar refractivity (Wildman–Crippen MR) is 77.3 cm³/mol. The Balaban J connectivity index is 2.89. The number of hydrogen-bond acceptors (Lipinski definition) is 3. The van der Waals surface area contributed by atoms with E-state index in [-0.39, 0.29) is 17.1 Å². The number of unbranched alkanes of at least 4 members (excludes halogenated alkanes) is 1. The van der Waals surface area contributed by atoms with Gasteiger partial charge in [0.15, 0.2) is 15.9 Å². The maximum Gasteiger partial charge on any atom is 0.418 e. The van der Waals surface area contributed by atoms with Crippen molar-refractivity contribution in [1.82, 2.24) is 0 Å². The van der Waals surface area contributed by atoms with Crippen LogP contribution in [0.15, 0.2) is 29.2 Å². The molecule has 0 aliphatic carbocycles. The zero-order valence-electron chi connectivity index (χ0n) is 11.4. The summed E-state index contributed by atoms with van der Waals surface area (Å²) in [6.07, 6.45) is -4.35. The van der Waals surface area contributed by atoms with Gasteiger partial charge in [0, 0.05) is 18.2 Å². The number of hydrogen-bond donors (Lipinski definition) is 0. The van der Waals surface area contributed by atoms with Crippen molar-refractivity contribution in [3.05, 3.63) is 29.8 Å². The Hall–Kier alpha value is -0.600. The average molecular weight is 389 g/mol. The minimum absolute atomic E-state index is 0.0103. The second-order valence-electron chi connectivity index (χ2n) is 4.53. The summed E-state index contributed by atoms with van der Waals surface area (Å²) in [5, 5.41) is 0.704. The van der Waals surface area contributed by atoms with Gasteiger partial charge in [-0.15, -0.1) is 0 Å². The van der Waals surface area contributed by atoms with Gasteiger partial charge in [0.2, 0.25) is 0 Å². The van der Waals surface area contributed by atoms with Crippen LogP contribution in [0.25, 0.3) is 0 Å². The summed E-state index contributed by atoms with van der Waals surface area (Å²) < 4.78 is 66.5. The molecule has 0 saturated heterocycles. The first-order valence-electron chi connectivity index (χ1n) is 6.20. The molecule has 3 nitrogen and oxygen atoms in total. The van der Waals surface area contributed by atoms with Gasteiger partial charge in [-0.25, -0.2) is 8.42 Å². The fraction of sp³-hybridized carbons (Fsp3) is 0.538. The highest BCUT2D eigenvalue weighted by Gasteiger charge is 2.41. The molecule has 1 aromatic rings. The van der Waals surface area contributed by atoms with Crippen LogP contribution in [0.5, 0.6) is 0 Å². The van der Waals surface area contributed by atoms with Crippen molar-refractivity contribution in [2.75, 3.05) is 18.2 Å². The SMILES string of the molecule is CS(=O)(=O)c1ccc(C(OCCCCBr)C(F)(F)F)cc1. The Bertz CT molecular complexity index is 541. The molecule has 0 radical (unpaired) electrons. The molecule has 120 valence electrons. The van der Waals surface area contributed by atoms with Crippen LogP contribution in [0, 0.1) is 0 Å². The van der Waals surface area contributed by atoms with Crippen molar-refractivity contribution >= 4 is 25.8 Å². The number of rotatable bonds is 7. The number of benzene rings is 1. The zero-order chi connectivity index (χ0) is 16.1. The summed E-state index contributed by atoms with van der Waals surface area (Å²) in [4.78, 5) is -0.0218. The van der Waals surface area contributed by atoms with Crippen molar-refractivity contribution in [3.63, 3.8) is 0 Å². The lowest BCUT2D eigenvalue weighted by Crippen LogP contribution is -2.24. The highest BCUT2D eigenvalue weighted by molar-refractivity contribution is 9.09. The van der Waals surface area contributed by atoms with Gasteiger partial charge in [-0.2, -0.15) is 13.2 Å². The first-order valence-corrected chi connectivity index (χ1v) is 9.22. The first-order chi connectivity index (χ1) is 9.66. The topological polar surface area (TPSA) is 43.4 Å². The molecule has 0 heterocycles. The van der Waals surface area contributed by atoms with E-state index in [9.17, 15) is 21.6 Å². The van der Waals surface area contributed by atoms with Gasteiger partial charge >= 0.3 is 6.18 Å². The van der Waals surface area contributed by atoms with Crippen molar-refractivity contribution in [1.29, 1.82) is 0 Å². The van der Waals surface area contributed by atoms with Crippen LogP contribution in [-0.2, 0) is 14.6 Å². The Kier molecular flexibility index (Phi) is 6.68. The van der Waals surface area contributed by atoms with Crippen molar-refractivity contribution in [2.24, 2.45) is 0 Å². The number of halogens is 4. The van der Waals surface area contributed by atoms with Gasteiger partial charge in [-0.3, -0.25) is 0 Å². The molecule has 0 saturated carbocycles. The molecule has 8 heteroatoms. The highest BCUT2D eigenvalue weighted by atomic mass is 79.9. The molecule has 1 unspecified atom stereocenters. The Labute approximate surface area is 130 Å². The second-order valence-corrected chi connectivity index (χ2v) is 7.34. The predicted octanol–water partition coefficient (Wildman–Crippen LogP) is 3.89. The molecule has 21 heavy (non-hydrogen) atoms. The van der Waals surface area contributed by atoms with E-state index < -0.39 is 22.1 Å². The molecular weight excluding hydrogens is 373 g/mol. The standard InChI is InChI=1S/C13H16BrF3O3S/c1-21(18,19)11-6-4-10(5-7-11)12(13(15,16)17)20-9-3-2-8-14/h4-7,12H,2-3,8-9H2,1H3. The molecule has 1 rings (SSSR count). The van der Waals surface area contributed by atoms with Crippen LogP contribution < -0.4 is 0 Å². The van der Waals surface area contributed by atoms with E-state index in [1.165, 1.54) is 0 Å². The Morgan fingerprint density at radius 3 is 2.19 bits per heavy atom. The smallest absolute Gasteiger partial charge is 0.364 e. The highest BCUT2D eigenvalue weighted by Crippen LogP contribution is 2.36. The van der Waals surface area contributed by atoms with E-state index in [2.05, 4.69) is 15.9 Å². The van der Waals surface area contributed by atoms with Gasteiger partial charge < -0.3 is 4.74 Å². The van der Waals surface area contributed by atoms with Crippen LogP contribution in [-0.4, -0.2) is 32.8 Å². The van der Waals surface area contributed by atoms with Crippen LogP contribution in [0.4, 0.5) is 13.2 Å². The molecule has 0 aliphatic heterocycles. The molecule has 1 atom stereocenters. The van der Waals surface area contributed by atoms with Gasteiger partial charge in [-0.1, -0.05) is 28.1 Å². The van der Waals surface area contributed by atoms with E-state index in [0.29, 0.717) is 11.8 Å². The van der Waals surface area contributed by atoms with Crippen molar-refractivity contribution in [3.8, 4) is 0 Å². The second kappa shape index (κ2) is 7.60. The quantitative estimate of drug-likeness (QED) is 0.525. The molecule has 0 fully saturated rings. The van der Waals surface area contributed by atoms with Crippen molar-refractivity contribution in [2.45, 2.75) is 30.0 Å². The molecule has 0 N–H and O–H groups in total. The van der Waals surface area contributed by atoms with Gasteiger partial charge in [0.25, 0.3) is 0 Å². The molecule has 0 bridgehead atoms. The van der Waals surface area contributed by atoms with Crippen LogP contribution in [0.1, 0.15) is 24.5 Å². The monoisotopic (exact) mass is 388 g/mol. The average Bonchev–Trinajstić information content (AvgIpc) is 2.36. The lowest BCUT2D eigenvalue weighted by molar-refractivity contribution is -0.224. The summed E-state index contributed by atoms with van der Waals surface area (Å²) in [5.41, 5.74) is -0.103. The summed E-state index contributed by atoms with van der Waals surface area (Å²) in [7, 11) is -3.43. The lowest BCUT2D eigenvalue weighted by Gasteiger charge is -2.21.